The molecule has 2 aromatic rings. The molecule has 1 atom stereocenters. The van der Waals surface area contributed by atoms with Crippen LogP contribution >= 0.6 is 0 Å². The first kappa shape index (κ1) is 14.6. The molecule has 0 bridgehead atoms. The second-order valence-corrected chi connectivity index (χ2v) is 5.70. The number of benzene rings is 2. The molecule has 1 aliphatic rings. The number of aryl methyl sites for hydroxylation is 1. The summed E-state index contributed by atoms with van der Waals surface area (Å²) < 4.78 is 5.77. The zero-order valence-corrected chi connectivity index (χ0v) is 13.1. The van der Waals surface area contributed by atoms with E-state index in [2.05, 4.69) is 19.9 Å². The van der Waals surface area contributed by atoms with Gasteiger partial charge in [0.05, 0.1) is 0 Å². The van der Waals surface area contributed by atoms with Crippen molar-refractivity contribution in [2.75, 3.05) is 11.5 Å². The first-order valence-corrected chi connectivity index (χ1v) is 7.81. The maximum atomic E-state index is 12.6. The van der Waals surface area contributed by atoms with Gasteiger partial charge in [-0.1, -0.05) is 43.3 Å². The molecule has 1 heterocycles. The molecular weight excluding hydrogens is 274 g/mol. The van der Waals surface area contributed by atoms with Gasteiger partial charge >= 0.3 is 0 Å². The monoisotopic (exact) mass is 295 g/mol. The zero-order valence-electron chi connectivity index (χ0n) is 13.1. The topological polar surface area (TPSA) is 29.5 Å². The Morgan fingerprint density at radius 2 is 1.91 bits per heavy atom. The van der Waals surface area contributed by atoms with Gasteiger partial charge in [0.2, 0.25) is 0 Å². The van der Waals surface area contributed by atoms with Gasteiger partial charge in [-0.25, -0.2) is 0 Å². The Morgan fingerprint density at radius 3 is 2.73 bits per heavy atom. The lowest BCUT2D eigenvalue weighted by molar-refractivity contribution is -0.120. The van der Waals surface area contributed by atoms with Gasteiger partial charge in [-0.2, -0.15) is 0 Å². The molecule has 0 radical (unpaired) electrons. The minimum atomic E-state index is 0.0170. The van der Waals surface area contributed by atoms with E-state index < -0.39 is 0 Å². The van der Waals surface area contributed by atoms with Gasteiger partial charge in [-0.15, -0.1) is 0 Å². The summed E-state index contributed by atoms with van der Waals surface area (Å²) in [4.78, 5) is 14.5. The van der Waals surface area contributed by atoms with Gasteiger partial charge in [0.1, 0.15) is 5.75 Å². The van der Waals surface area contributed by atoms with E-state index in [4.69, 9.17) is 4.74 Å². The van der Waals surface area contributed by atoms with Crippen molar-refractivity contribution in [1.82, 2.24) is 0 Å². The van der Waals surface area contributed by atoms with Crippen molar-refractivity contribution in [3.63, 3.8) is 0 Å². The summed E-state index contributed by atoms with van der Waals surface area (Å²) in [6, 6.07) is 16.2. The van der Waals surface area contributed by atoms with Gasteiger partial charge in [-0.3, -0.25) is 4.79 Å². The Bertz CT molecular complexity index is 681. The molecular formula is C19H21NO2. The van der Waals surface area contributed by atoms with Crippen molar-refractivity contribution < 1.29 is 9.53 Å². The van der Waals surface area contributed by atoms with Gasteiger partial charge in [-0.05, 0) is 43.0 Å². The van der Waals surface area contributed by atoms with Crippen LogP contribution in [0.25, 0.3) is 0 Å². The van der Waals surface area contributed by atoms with Crippen LogP contribution in [0.4, 0.5) is 5.69 Å². The summed E-state index contributed by atoms with van der Waals surface area (Å²) >= 11 is 0. The van der Waals surface area contributed by atoms with E-state index in [0.29, 0.717) is 0 Å². The van der Waals surface area contributed by atoms with Crippen LogP contribution in [0.5, 0.6) is 5.75 Å². The molecule has 0 aliphatic carbocycles. The highest BCUT2D eigenvalue weighted by Gasteiger charge is 2.30. The van der Waals surface area contributed by atoms with Crippen LogP contribution in [-0.4, -0.2) is 18.6 Å². The lowest BCUT2D eigenvalue weighted by Crippen LogP contribution is -2.39. The third kappa shape index (κ3) is 2.71. The summed E-state index contributed by atoms with van der Waals surface area (Å²) in [6.07, 6.45) is 1.81. The maximum absolute atomic E-state index is 12.6. The van der Waals surface area contributed by atoms with Crippen LogP contribution in [0.1, 0.15) is 25.0 Å². The number of nitrogens with zero attached hydrogens (tertiary/aromatic N) is 1. The third-order valence-corrected chi connectivity index (χ3v) is 4.18. The average molecular weight is 295 g/mol. The molecule has 1 aliphatic heterocycles. The van der Waals surface area contributed by atoms with Crippen LogP contribution in [0, 0.1) is 0 Å². The number of hydrogen-bond donors (Lipinski definition) is 0. The number of amides is 1. The molecule has 0 N–H and O–H groups in total. The number of ether oxygens (including phenoxy) is 1. The van der Waals surface area contributed by atoms with E-state index >= 15 is 0 Å². The molecule has 3 rings (SSSR count). The Hall–Kier alpha value is -2.29. The Labute approximate surface area is 131 Å². The largest absolute Gasteiger partial charge is 0.483 e. The summed E-state index contributed by atoms with van der Waals surface area (Å²) in [7, 11) is 0. The fourth-order valence-electron chi connectivity index (χ4n) is 3.09. The normalized spacial score (nSPS) is 16.5. The predicted molar refractivity (Wildman–Crippen MR) is 88.4 cm³/mol. The molecule has 3 nitrogen and oxygen atoms in total. The van der Waals surface area contributed by atoms with Gasteiger partial charge < -0.3 is 9.64 Å². The van der Waals surface area contributed by atoms with Gasteiger partial charge in [0.25, 0.3) is 5.91 Å². The number of carbonyl (C=O) groups excluding carboxylic acids is 1. The molecule has 2 aromatic carbocycles. The Morgan fingerprint density at radius 1 is 1.18 bits per heavy atom. The summed E-state index contributed by atoms with van der Waals surface area (Å²) in [5.74, 6) is 0.821. The second-order valence-electron chi connectivity index (χ2n) is 5.70. The van der Waals surface area contributed by atoms with Crippen LogP contribution in [0.3, 0.4) is 0 Å². The smallest absolute Gasteiger partial charge is 0.265 e. The molecule has 0 fully saturated rings. The van der Waals surface area contributed by atoms with E-state index in [1.165, 1.54) is 5.56 Å². The van der Waals surface area contributed by atoms with Crippen molar-refractivity contribution in [1.29, 1.82) is 0 Å². The second kappa shape index (κ2) is 6.22. The van der Waals surface area contributed by atoms with Gasteiger partial charge in [0, 0.05) is 11.7 Å². The SMILES string of the molecule is CCc1ccccc1OCC(=O)N1c2ccccc2CC1C. The van der Waals surface area contributed by atoms with Crippen molar-refractivity contribution in [2.24, 2.45) is 0 Å². The van der Waals surface area contributed by atoms with Crippen LogP contribution in [0.2, 0.25) is 0 Å². The van der Waals surface area contributed by atoms with E-state index in [-0.39, 0.29) is 18.6 Å². The summed E-state index contributed by atoms with van der Waals surface area (Å²) in [5.41, 5.74) is 3.38. The predicted octanol–water partition coefficient (Wildman–Crippen LogP) is 3.61. The van der Waals surface area contributed by atoms with E-state index in [0.717, 1.165) is 29.8 Å². The lowest BCUT2D eigenvalue weighted by Gasteiger charge is -2.23. The molecule has 3 heteroatoms. The number of rotatable bonds is 4. The van der Waals surface area contributed by atoms with Crippen LogP contribution in [0.15, 0.2) is 48.5 Å². The highest BCUT2D eigenvalue weighted by atomic mass is 16.5. The standard InChI is InChI=1S/C19H21NO2/c1-3-15-8-5-7-11-18(15)22-13-19(21)20-14(2)12-16-9-4-6-10-17(16)20/h4-11,14H,3,12-13H2,1-2H3. The van der Waals surface area contributed by atoms with Crippen molar-refractivity contribution in [3.05, 3.63) is 59.7 Å². The van der Waals surface area contributed by atoms with Crippen LogP contribution in [-0.2, 0) is 17.6 Å². The summed E-state index contributed by atoms with van der Waals surface area (Å²) in [6.45, 7) is 4.25. The lowest BCUT2D eigenvalue weighted by atomic mass is 10.1. The molecule has 0 saturated carbocycles. The average Bonchev–Trinajstić information content (AvgIpc) is 2.88. The third-order valence-electron chi connectivity index (χ3n) is 4.18. The number of fused-ring (bicyclic) bond motifs is 1. The minimum Gasteiger partial charge on any atom is -0.483 e. The first-order valence-electron chi connectivity index (χ1n) is 7.81. The highest BCUT2D eigenvalue weighted by molar-refractivity contribution is 5.97. The molecule has 1 unspecified atom stereocenters. The highest BCUT2D eigenvalue weighted by Crippen LogP contribution is 2.32. The van der Waals surface area contributed by atoms with E-state index in [9.17, 15) is 4.79 Å². The first-order chi connectivity index (χ1) is 10.7. The number of anilines is 1. The molecule has 0 spiro atoms. The molecule has 114 valence electrons. The van der Waals surface area contributed by atoms with E-state index in [1.54, 1.807) is 0 Å². The van der Waals surface area contributed by atoms with Crippen molar-refractivity contribution >= 4 is 11.6 Å². The van der Waals surface area contributed by atoms with Gasteiger partial charge in [0.15, 0.2) is 6.61 Å². The molecule has 22 heavy (non-hydrogen) atoms. The molecule has 1 amide bonds. The minimum absolute atomic E-state index is 0.0170. The zero-order chi connectivity index (χ0) is 15.5. The molecule has 0 saturated heterocycles. The van der Waals surface area contributed by atoms with Crippen molar-refractivity contribution in [2.45, 2.75) is 32.7 Å². The Balaban J connectivity index is 1.73. The number of carbonyl (C=O) groups is 1. The summed E-state index contributed by atoms with van der Waals surface area (Å²) in [5, 5.41) is 0. The fraction of sp³-hybridized carbons (Fsp3) is 0.316. The molecule has 0 aromatic heterocycles. The Kier molecular flexibility index (Phi) is 4.14. The van der Waals surface area contributed by atoms with E-state index in [1.807, 2.05) is 47.4 Å². The maximum Gasteiger partial charge on any atom is 0.265 e. The quantitative estimate of drug-likeness (QED) is 0.862. The number of para-hydroxylation sites is 2. The number of hydrogen-bond acceptors (Lipinski definition) is 2. The van der Waals surface area contributed by atoms with Crippen LogP contribution < -0.4 is 9.64 Å². The van der Waals surface area contributed by atoms with Crippen molar-refractivity contribution in [3.8, 4) is 5.75 Å². The fourth-order valence-corrected chi connectivity index (χ4v) is 3.09.